The second-order valence-electron chi connectivity index (χ2n) is 7.28. The van der Waals surface area contributed by atoms with Crippen molar-refractivity contribution >= 4 is 6.09 Å². The van der Waals surface area contributed by atoms with Gasteiger partial charge in [-0.15, -0.1) is 0 Å². The number of nitrogens with two attached hydrogens (primary N) is 1. The lowest BCUT2D eigenvalue weighted by atomic mass is 9.82. The molecule has 1 aliphatic heterocycles. The Labute approximate surface area is 111 Å². The first-order valence-corrected chi connectivity index (χ1v) is 6.77. The summed E-state index contributed by atoms with van der Waals surface area (Å²) in [5.74, 6) is 0. The van der Waals surface area contributed by atoms with Crippen LogP contribution < -0.4 is 5.73 Å². The van der Waals surface area contributed by atoms with Crippen molar-refractivity contribution in [1.82, 2.24) is 4.90 Å². The van der Waals surface area contributed by atoms with Crippen LogP contribution in [0, 0.1) is 5.41 Å². The number of hydrogen-bond acceptors (Lipinski definition) is 3. The van der Waals surface area contributed by atoms with Crippen molar-refractivity contribution in [1.29, 1.82) is 0 Å². The van der Waals surface area contributed by atoms with Gasteiger partial charge in [-0.25, -0.2) is 4.79 Å². The predicted molar refractivity (Wildman–Crippen MR) is 73.4 cm³/mol. The molecule has 0 radical (unpaired) electrons. The Morgan fingerprint density at radius 2 is 1.83 bits per heavy atom. The van der Waals surface area contributed by atoms with Crippen LogP contribution in [0.25, 0.3) is 0 Å². The van der Waals surface area contributed by atoms with Gasteiger partial charge >= 0.3 is 6.09 Å². The minimum absolute atomic E-state index is 0.00469. The van der Waals surface area contributed by atoms with E-state index in [0.29, 0.717) is 0 Å². The summed E-state index contributed by atoms with van der Waals surface area (Å²) in [5.41, 5.74) is 5.85. The topological polar surface area (TPSA) is 55.6 Å². The maximum absolute atomic E-state index is 12.2. The van der Waals surface area contributed by atoms with Crippen LogP contribution >= 0.6 is 0 Å². The molecule has 1 amide bonds. The molecule has 106 valence electrons. The Morgan fingerprint density at radius 1 is 1.28 bits per heavy atom. The van der Waals surface area contributed by atoms with Crippen LogP contribution in [0.15, 0.2) is 0 Å². The van der Waals surface area contributed by atoms with Gasteiger partial charge in [0.15, 0.2) is 0 Å². The fourth-order valence-electron chi connectivity index (χ4n) is 2.29. The second kappa shape index (κ2) is 5.08. The Morgan fingerprint density at radius 3 is 2.28 bits per heavy atom. The highest BCUT2D eigenvalue weighted by Crippen LogP contribution is 2.30. The van der Waals surface area contributed by atoms with Crippen LogP contribution in [0.4, 0.5) is 4.79 Å². The van der Waals surface area contributed by atoms with Crippen LogP contribution in [0.3, 0.4) is 0 Å². The van der Waals surface area contributed by atoms with Gasteiger partial charge in [-0.3, -0.25) is 0 Å². The summed E-state index contributed by atoms with van der Waals surface area (Å²) in [7, 11) is 0. The van der Waals surface area contributed by atoms with Gasteiger partial charge in [0.25, 0.3) is 0 Å². The molecule has 0 spiro atoms. The number of hydrogen-bond donors (Lipinski definition) is 1. The Bertz CT molecular complexity index is 302. The third-order valence-electron chi connectivity index (χ3n) is 3.34. The molecule has 0 aromatic rings. The molecule has 4 nitrogen and oxygen atoms in total. The molecule has 2 N–H and O–H groups in total. The summed E-state index contributed by atoms with van der Waals surface area (Å²) >= 11 is 0. The lowest BCUT2D eigenvalue weighted by molar-refractivity contribution is 0.0171. The van der Waals surface area contributed by atoms with Crippen LogP contribution in [0.5, 0.6) is 0 Å². The van der Waals surface area contributed by atoms with E-state index in [1.165, 1.54) is 0 Å². The zero-order valence-corrected chi connectivity index (χ0v) is 12.6. The molecule has 0 bridgehead atoms. The van der Waals surface area contributed by atoms with E-state index in [0.717, 1.165) is 19.4 Å². The lowest BCUT2D eigenvalue weighted by Gasteiger charge is -2.37. The van der Waals surface area contributed by atoms with Crippen molar-refractivity contribution in [2.75, 3.05) is 6.54 Å². The van der Waals surface area contributed by atoms with Gasteiger partial charge in [-0.2, -0.15) is 0 Å². The SMILES string of the molecule is CC(C)(C)OC(=O)N1CCC[C@H]1[C@@H](N)C(C)(C)C. The summed E-state index contributed by atoms with van der Waals surface area (Å²) in [6, 6.07) is 0.0763. The number of carbonyl (C=O) groups is 1. The summed E-state index contributed by atoms with van der Waals surface area (Å²) < 4.78 is 5.45. The molecule has 0 aromatic carbocycles. The summed E-state index contributed by atoms with van der Waals surface area (Å²) in [5, 5.41) is 0. The first-order chi connectivity index (χ1) is 8.02. The summed E-state index contributed by atoms with van der Waals surface area (Å²) in [4.78, 5) is 14.0. The second-order valence-corrected chi connectivity index (χ2v) is 7.28. The number of likely N-dealkylation sites (tertiary alicyclic amines) is 1. The molecule has 0 saturated carbocycles. The van der Waals surface area contributed by atoms with E-state index in [1.54, 1.807) is 4.90 Å². The van der Waals surface area contributed by atoms with Gasteiger partial charge in [0.05, 0.1) is 6.04 Å². The quantitative estimate of drug-likeness (QED) is 0.785. The van der Waals surface area contributed by atoms with E-state index in [4.69, 9.17) is 10.5 Å². The van der Waals surface area contributed by atoms with Crippen molar-refractivity contribution in [3.05, 3.63) is 0 Å². The maximum Gasteiger partial charge on any atom is 0.410 e. The standard InChI is InChI=1S/C14H28N2O2/c1-13(2,3)11(15)10-8-7-9-16(10)12(17)18-14(4,5)6/h10-11H,7-9,15H2,1-6H3/t10-,11+/m0/s1. The molecule has 0 aromatic heterocycles. The molecule has 2 atom stereocenters. The smallest absolute Gasteiger partial charge is 0.410 e. The molecule has 1 saturated heterocycles. The van der Waals surface area contributed by atoms with E-state index in [1.807, 2.05) is 20.8 Å². The van der Waals surface area contributed by atoms with Gasteiger partial charge in [-0.05, 0) is 39.0 Å². The lowest BCUT2D eigenvalue weighted by Crippen LogP contribution is -2.53. The summed E-state index contributed by atoms with van der Waals surface area (Å²) in [6.45, 7) is 12.8. The highest BCUT2D eigenvalue weighted by atomic mass is 16.6. The van der Waals surface area contributed by atoms with Gasteiger partial charge in [0, 0.05) is 12.6 Å². The van der Waals surface area contributed by atoms with E-state index >= 15 is 0 Å². The first-order valence-electron chi connectivity index (χ1n) is 6.77. The zero-order valence-electron chi connectivity index (χ0n) is 12.6. The number of carbonyl (C=O) groups excluding carboxylic acids is 1. The Balaban J connectivity index is 2.74. The average Bonchev–Trinajstić information content (AvgIpc) is 2.60. The van der Waals surface area contributed by atoms with Crippen molar-refractivity contribution in [3.8, 4) is 0 Å². The Kier molecular flexibility index (Phi) is 4.31. The average molecular weight is 256 g/mol. The third-order valence-corrected chi connectivity index (χ3v) is 3.34. The van der Waals surface area contributed by atoms with Crippen molar-refractivity contribution in [3.63, 3.8) is 0 Å². The fourth-order valence-corrected chi connectivity index (χ4v) is 2.29. The zero-order chi connectivity index (χ0) is 14.1. The molecule has 1 aliphatic rings. The summed E-state index contributed by atoms with van der Waals surface area (Å²) in [6.07, 6.45) is 1.75. The third kappa shape index (κ3) is 3.87. The van der Waals surface area contributed by atoms with Crippen LogP contribution in [0.2, 0.25) is 0 Å². The van der Waals surface area contributed by atoms with E-state index in [2.05, 4.69) is 20.8 Å². The van der Waals surface area contributed by atoms with Crippen molar-refractivity contribution in [2.24, 2.45) is 11.1 Å². The minimum Gasteiger partial charge on any atom is -0.444 e. The molecule has 0 aliphatic carbocycles. The normalized spacial score (nSPS) is 23.1. The molecule has 1 fully saturated rings. The van der Waals surface area contributed by atoms with Gasteiger partial charge in [0.1, 0.15) is 5.60 Å². The highest BCUT2D eigenvalue weighted by molar-refractivity contribution is 5.69. The number of ether oxygens (including phenoxy) is 1. The van der Waals surface area contributed by atoms with Crippen LogP contribution in [0.1, 0.15) is 54.4 Å². The van der Waals surface area contributed by atoms with Crippen molar-refractivity contribution < 1.29 is 9.53 Å². The fraction of sp³-hybridized carbons (Fsp3) is 0.929. The molecule has 4 heteroatoms. The Hall–Kier alpha value is -0.770. The molecular weight excluding hydrogens is 228 g/mol. The molecule has 18 heavy (non-hydrogen) atoms. The number of rotatable bonds is 1. The predicted octanol–water partition coefficient (Wildman–Crippen LogP) is 2.76. The monoisotopic (exact) mass is 256 g/mol. The van der Waals surface area contributed by atoms with E-state index < -0.39 is 5.60 Å². The minimum atomic E-state index is -0.448. The van der Waals surface area contributed by atoms with Crippen molar-refractivity contribution in [2.45, 2.75) is 72.1 Å². The van der Waals surface area contributed by atoms with Gasteiger partial charge in [-0.1, -0.05) is 20.8 Å². The van der Waals surface area contributed by atoms with E-state index in [-0.39, 0.29) is 23.6 Å². The molecular formula is C14H28N2O2. The van der Waals surface area contributed by atoms with Crippen LogP contribution in [-0.2, 0) is 4.74 Å². The van der Waals surface area contributed by atoms with Gasteiger partial charge < -0.3 is 15.4 Å². The molecule has 1 rings (SSSR count). The van der Waals surface area contributed by atoms with Crippen LogP contribution in [-0.4, -0.2) is 35.2 Å². The molecule has 1 heterocycles. The van der Waals surface area contributed by atoms with E-state index in [9.17, 15) is 4.79 Å². The number of nitrogens with zero attached hydrogens (tertiary/aromatic N) is 1. The highest BCUT2D eigenvalue weighted by Gasteiger charge is 2.39. The maximum atomic E-state index is 12.2. The molecule has 0 unspecified atom stereocenters. The van der Waals surface area contributed by atoms with Gasteiger partial charge in [0.2, 0.25) is 0 Å². The first kappa shape index (κ1) is 15.3. The number of amides is 1. The largest absolute Gasteiger partial charge is 0.444 e.